The van der Waals surface area contributed by atoms with Gasteiger partial charge in [0.25, 0.3) is 0 Å². The van der Waals surface area contributed by atoms with Gasteiger partial charge in [-0.25, -0.2) is 4.98 Å². The Morgan fingerprint density at radius 3 is 2.00 bits per heavy atom. The van der Waals surface area contributed by atoms with Crippen molar-refractivity contribution in [2.45, 2.75) is 0 Å². The first kappa shape index (κ1) is 19.9. The number of anilines is 2. The fraction of sp³-hybridized carbons (Fsp3) is 0. The first-order valence-electron chi connectivity index (χ1n) is 12.0. The summed E-state index contributed by atoms with van der Waals surface area (Å²) in [6.07, 6.45) is 0. The average molecular weight is 447 g/mol. The zero-order valence-corrected chi connectivity index (χ0v) is 19.1. The fourth-order valence-electron chi connectivity index (χ4n) is 5.36. The van der Waals surface area contributed by atoms with Crippen molar-refractivity contribution in [2.24, 2.45) is 0 Å². The Labute approximate surface area is 205 Å². The van der Waals surface area contributed by atoms with E-state index in [2.05, 4.69) is 143 Å². The zero-order chi connectivity index (χ0) is 23.2. The summed E-state index contributed by atoms with van der Waals surface area (Å²) in [7, 11) is 0. The first-order valence-corrected chi connectivity index (χ1v) is 12.0. The highest BCUT2D eigenvalue weighted by Gasteiger charge is 2.36. The van der Waals surface area contributed by atoms with E-state index in [4.69, 9.17) is 4.98 Å². The molecule has 0 bridgehead atoms. The molecular formula is C31H22BN3. The molecule has 6 aromatic rings. The molecule has 0 radical (unpaired) electrons. The van der Waals surface area contributed by atoms with Crippen LogP contribution in [-0.2, 0) is 0 Å². The number of benzene rings is 5. The van der Waals surface area contributed by atoms with Crippen molar-refractivity contribution in [3.05, 3.63) is 133 Å². The van der Waals surface area contributed by atoms with Gasteiger partial charge < -0.3 is 4.81 Å². The predicted molar refractivity (Wildman–Crippen MR) is 147 cm³/mol. The van der Waals surface area contributed by atoms with Crippen LogP contribution >= 0.6 is 0 Å². The van der Waals surface area contributed by atoms with E-state index in [0.717, 1.165) is 39.5 Å². The minimum absolute atomic E-state index is 0.0229. The summed E-state index contributed by atoms with van der Waals surface area (Å²) in [4.78, 5) is 7.62. The molecule has 0 N–H and O–H groups in total. The lowest BCUT2D eigenvalue weighted by Gasteiger charge is -2.36. The van der Waals surface area contributed by atoms with E-state index in [1.165, 1.54) is 10.9 Å². The van der Waals surface area contributed by atoms with Gasteiger partial charge in [-0.1, -0.05) is 96.5 Å². The number of aromatic nitrogens is 2. The molecule has 4 heteroatoms. The van der Waals surface area contributed by atoms with Crippen LogP contribution in [0.3, 0.4) is 0 Å². The smallest absolute Gasteiger partial charge is 0.330 e. The van der Waals surface area contributed by atoms with E-state index >= 15 is 0 Å². The molecule has 7 rings (SSSR count). The molecule has 0 spiro atoms. The number of imidazole rings is 1. The number of nitrogens with zero attached hydrogens (tertiary/aromatic N) is 3. The van der Waals surface area contributed by atoms with E-state index in [0.29, 0.717) is 0 Å². The predicted octanol–water partition coefficient (Wildman–Crippen LogP) is 5.95. The van der Waals surface area contributed by atoms with Gasteiger partial charge in [-0.3, -0.25) is 4.57 Å². The molecule has 164 valence electrons. The van der Waals surface area contributed by atoms with Crippen LogP contribution in [0.25, 0.3) is 28.1 Å². The van der Waals surface area contributed by atoms with Gasteiger partial charge in [-0.2, -0.15) is 0 Å². The van der Waals surface area contributed by atoms with Crippen molar-refractivity contribution in [1.82, 2.24) is 9.55 Å². The molecule has 0 saturated heterocycles. The standard InChI is InChI=1S/C31H22BN3/c1-3-13-23(14-4-1)32-26-18-8-11-21-29(26)34-30-22-12-9-19-27(30)33-31(34)25-17-7-10-20-28(25)35(32)24-15-5-2-6-16-24/h1-22H. The Hall–Kier alpha value is -4.57. The molecule has 0 fully saturated rings. The third-order valence-corrected chi connectivity index (χ3v) is 6.85. The first-order chi connectivity index (χ1) is 17.4. The van der Waals surface area contributed by atoms with Crippen LogP contribution in [-0.4, -0.2) is 16.4 Å². The maximum Gasteiger partial charge on any atom is 0.330 e. The average Bonchev–Trinajstić information content (AvgIpc) is 3.31. The highest BCUT2D eigenvalue weighted by molar-refractivity contribution is 6.90. The Balaban J connectivity index is 1.67. The van der Waals surface area contributed by atoms with E-state index in [1.807, 2.05) is 0 Å². The minimum atomic E-state index is -0.0229. The van der Waals surface area contributed by atoms with Gasteiger partial charge in [-0.15, -0.1) is 0 Å². The second-order valence-electron chi connectivity index (χ2n) is 8.85. The summed E-state index contributed by atoms with van der Waals surface area (Å²) < 4.78 is 2.34. The van der Waals surface area contributed by atoms with Gasteiger partial charge in [0.15, 0.2) is 0 Å². The lowest BCUT2D eigenvalue weighted by atomic mass is 9.48. The van der Waals surface area contributed by atoms with Crippen molar-refractivity contribution < 1.29 is 0 Å². The van der Waals surface area contributed by atoms with Crippen LogP contribution in [0, 0.1) is 0 Å². The van der Waals surface area contributed by atoms with E-state index < -0.39 is 0 Å². The molecule has 2 heterocycles. The fourth-order valence-corrected chi connectivity index (χ4v) is 5.36. The van der Waals surface area contributed by atoms with Crippen molar-refractivity contribution in [2.75, 3.05) is 4.81 Å². The minimum Gasteiger partial charge on any atom is -0.376 e. The lowest BCUT2D eigenvalue weighted by molar-refractivity contribution is 1.10. The largest absolute Gasteiger partial charge is 0.376 e. The molecule has 1 aliphatic rings. The summed E-state index contributed by atoms with van der Waals surface area (Å²) in [5, 5.41) is 0. The molecule has 0 atom stereocenters. The van der Waals surface area contributed by atoms with Crippen LogP contribution in [0.5, 0.6) is 0 Å². The Morgan fingerprint density at radius 1 is 0.543 bits per heavy atom. The normalized spacial score (nSPS) is 12.5. The van der Waals surface area contributed by atoms with Crippen LogP contribution in [0.2, 0.25) is 0 Å². The van der Waals surface area contributed by atoms with E-state index in [9.17, 15) is 0 Å². The van der Waals surface area contributed by atoms with Crippen molar-refractivity contribution in [3.8, 4) is 17.1 Å². The number of hydrogen-bond acceptors (Lipinski definition) is 2. The van der Waals surface area contributed by atoms with Gasteiger partial charge in [0.2, 0.25) is 0 Å². The number of rotatable bonds is 2. The summed E-state index contributed by atoms with van der Waals surface area (Å²) in [6.45, 7) is -0.0229. The van der Waals surface area contributed by atoms with Crippen LogP contribution in [0.1, 0.15) is 0 Å². The topological polar surface area (TPSA) is 21.1 Å². The summed E-state index contributed by atoms with van der Waals surface area (Å²) in [5.41, 5.74) is 9.14. The van der Waals surface area contributed by atoms with Gasteiger partial charge in [0.1, 0.15) is 5.82 Å². The van der Waals surface area contributed by atoms with Crippen LogP contribution < -0.4 is 15.7 Å². The highest BCUT2D eigenvalue weighted by atomic mass is 15.1. The van der Waals surface area contributed by atoms with Gasteiger partial charge in [-0.05, 0) is 47.9 Å². The molecule has 1 aromatic heterocycles. The molecule has 1 aliphatic heterocycles. The molecule has 5 aromatic carbocycles. The van der Waals surface area contributed by atoms with Crippen LogP contribution in [0.15, 0.2) is 133 Å². The maximum atomic E-state index is 5.16. The van der Waals surface area contributed by atoms with E-state index in [-0.39, 0.29) is 6.85 Å². The zero-order valence-electron chi connectivity index (χ0n) is 19.1. The quantitative estimate of drug-likeness (QED) is 0.306. The number of hydrogen-bond donors (Lipinski definition) is 0. The Bertz CT molecular complexity index is 1660. The molecule has 0 unspecified atom stereocenters. The molecule has 0 amide bonds. The summed E-state index contributed by atoms with van der Waals surface area (Å²) >= 11 is 0. The second kappa shape index (κ2) is 8.03. The van der Waals surface area contributed by atoms with Crippen LogP contribution in [0.4, 0.5) is 11.4 Å². The molecule has 3 nitrogen and oxygen atoms in total. The SMILES string of the molecule is c1ccc(B2c3ccccc3-n3c(nc4ccccc43)-c3ccccc3N2c2ccccc2)cc1. The maximum absolute atomic E-state index is 5.16. The molecule has 0 aliphatic carbocycles. The van der Waals surface area contributed by atoms with Crippen molar-refractivity contribution >= 4 is 40.2 Å². The summed E-state index contributed by atoms with van der Waals surface area (Å²) in [5.74, 6) is 0.960. The summed E-state index contributed by atoms with van der Waals surface area (Å²) in [6, 6.07) is 47.3. The third-order valence-electron chi connectivity index (χ3n) is 6.85. The lowest BCUT2D eigenvalue weighted by Crippen LogP contribution is -2.56. The van der Waals surface area contributed by atoms with Gasteiger partial charge >= 0.3 is 6.85 Å². The molecule has 35 heavy (non-hydrogen) atoms. The van der Waals surface area contributed by atoms with Gasteiger partial charge in [0.05, 0.1) is 11.0 Å². The Kier molecular flexibility index (Phi) is 4.56. The van der Waals surface area contributed by atoms with Gasteiger partial charge in [0, 0.05) is 22.6 Å². The Morgan fingerprint density at radius 2 is 1.17 bits per heavy atom. The molecule has 0 saturated carbocycles. The van der Waals surface area contributed by atoms with E-state index in [1.54, 1.807) is 0 Å². The molecular weight excluding hydrogens is 425 g/mol. The number of para-hydroxylation sites is 5. The number of fused-ring (bicyclic) bond motifs is 7. The monoisotopic (exact) mass is 447 g/mol. The van der Waals surface area contributed by atoms with Crippen molar-refractivity contribution in [3.63, 3.8) is 0 Å². The van der Waals surface area contributed by atoms with Crippen molar-refractivity contribution in [1.29, 1.82) is 0 Å². The second-order valence-corrected chi connectivity index (χ2v) is 8.85. The highest BCUT2D eigenvalue weighted by Crippen LogP contribution is 2.39. The third kappa shape index (κ3) is 3.11.